The number of benzene rings is 4. The highest BCUT2D eigenvalue weighted by Gasteiger charge is 2.41. The summed E-state index contributed by atoms with van der Waals surface area (Å²) < 4.78 is 0. The van der Waals surface area contributed by atoms with Crippen molar-refractivity contribution < 1.29 is 0 Å². The zero-order valence-electron chi connectivity index (χ0n) is 20.4. The Labute approximate surface area is 210 Å². The van der Waals surface area contributed by atoms with Gasteiger partial charge in [-0.2, -0.15) is 0 Å². The molecule has 0 aliphatic carbocycles. The third kappa shape index (κ3) is 3.50. The molecule has 0 amide bonds. The van der Waals surface area contributed by atoms with Crippen LogP contribution in [0.4, 0.5) is 0 Å². The molecule has 0 radical (unpaired) electrons. The van der Waals surface area contributed by atoms with Gasteiger partial charge in [0.2, 0.25) is 0 Å². The molecule has 0 bridgehead atoms. The molecule has 3 heteroatoms. The fraction of sp³-hybridized carbons (Fsp3) is 0.0938. The van der Waals surface area contributed by atoms with E-state index in [0.29, 0.717) is 0 Å². The van der Waals surface area contributed by atoms with Crippen molar-refractivity contribution in [3.63, 3.8) is 0 Å². The molecule has 1 aromatic heterocycles. The van der Waals surface area contributed by atoms with Gasteiger partial charge in [-0.05, 0) is 64.8 Å². The van der Waals surface area contributed by atoms with Gasteiger partial charge in [-0.3, -0.25) is 4.98 Å². The Morgan fingerprint density at radius 1 is 0.571 bits per heavy atom. The largest absolute Gasteiger partial charge is 0.256 e. The van der Waals surface area contributed by atoms with Gasteiger partial charge in [0.15, 0.2) is 0 Å². The van der Waals surface area contributed by atoms with E-state index in [1.165, 1.54) is 41.5 Å². The van der Waals surface area contributed by atoms with Crippen LogP contribution in [0.2, 0.25) is 19.6 Å². The first-order chi connectivity index (χ1) is 17.0. The summed E-state index contributed by atoms with van der Waals surface area (Å²) in [7, 11) is -2.95. The molecule has 0 atom stereocenters. The van der Waals surface area contributed by atoms with Crippen molar-refractivity contribution in [3.05, 3.63) is 121 Å². The molecule has 0 spiro atoms. The van der Waals surface area contributed by atoms with Crippen molar-refractivity contribution in [1.82, 2.24) is 4.98 Å². The van der Waals surface area contributed by atoms with Crippen LogP contribution in [-0.4, -0.2) is 13.1 Å². The Balaban J connectivity index is 1.61. The van der Waals surface area contributed by atoms with Crippen LogP contribution in [0.5, 0.6) is 0 Å². The van der Waals surface area contributed by atoms with Gasteiger partial charge in [-0.15, -0.1) is 10.0 Å². The Morgan fingerprint density at radius 2 is 1.17 bits per heavy atom. The molecule has 0 saturated carbocycles. The predicted molar refractivity (Wildman–Crippen MR) is 152 cm³/mol. The number of rotatable bonds is 4. The van der Waals surface area contributed by atoms with Gasteiger partial charge in [0.25, 0.3) is 0 Å². The van der Waals surface area contributed by atoms with Crippen molar-refractivity contribution in [2.24, 2.45) is 0 Å². The average molecular weight is 488 g/mol. The minimum Gasteiger partial charge on any atom is -0.256 e. The van der Waals surface area contributed by atoms with E-state index in [9.17, 15) is 0 Å². The van der Waals surface area contributed by atoms with E-state index < -0.39 is 18.1 Å². The fourth-order valence-corrected chi connectivity index (χ4v) is 10.4. The van der Waals surface area contributed by atoms with Crippen LogP contribution in [0.25, 0.3) is 22.4 Å². The molecule has 172 valence electrons. The lowest BCUT2D eigenvalue weighted by atomic mass is 10.0. The van der Waals surface area contributed by atoms with Gasteiger partial charge in [0.05, 0.1) is 13.8 Å². The van der Waals surface area contributed by atoms with Crippen LogP contribution in [0.1, 0.15) is 0 Å². The Morgan fingerprint density at radius 3 is 1.77 bits per heavy atom. The quantitative estimate of drug-likeness (QED) is 0.227. The molecule has 5 aromatic rings. The zero-order valence-corrected chi connectivity index (χ0v) is 22.2. The van der Waals surface area contributed by atoms with Crippen LogP contribution in [0.3, 0.4) is 0 Å². The zero-order chi connectivity index (χ0) is 24.0. The van der Waals surface area contributed by atoms with E-state index >= 15 is 0 Å². The molecule has 4 aromatic carbocycles. The average Bonchev–Trinajstić information content (AvgIpc) is 3.20. The Hall–Kier alpha value is -3.40. The summed E-state index contributed by atoms with van der Waals surface area (Å²) in [5, 5.41) is 1.39. The first kappa shape index (κ1) is 22.1. The second kappa shape index (κ2) is 8.37. The number of hydrogen-bond acceptors (Lipinski definition) is 1. The molecule has 1 nitrogen and oxygen atoms in total. The highest BCUT2D eigenvalue weighted by Crippen LogP contribution is 2.79. The third-order valence-corrected chi connectivity index (χ3v) is 13.0. The lowest BCUT2D eigenvalue weighted by Crippen LogP contribution is -2.37. The number of nitrogens with zero attached hydrogens (tertiary/aromatic N) is 1. The normalized spacial score (nSPS) is 14.7. The molecule has 0 unspecified atom stereocenters. The van der Waals surface area contributed by atoms with Gasteiger partial charge in [-0.25, -0.2) is 0 Å². The Kier molecular flexibility index (Phi) is 5.28. The van der Waals surface area contributed by atoms with Gasteiger partial charge in [-0.1, -0.05) is 86.4 Å². The van der Waals surface area contributed by atoms with Crippen molar-refractivity contribution in [2.45, 2.75) is 39.2 Å². The van der Waals surface area contributed by atoms with Crippen molar-refractivity contribution in [1.29, 1.82) is 0 Å². The lowest BCUT2D eigenvalue weighted by molar-refractivity contribution is 1.29. The van der Waals surface area contributed by atoms with Gasteiger partial charge in [0, 0.05) is 31.3 Å². The van der Waals surface area contributed by atoms with Gasteiger partial charge < -0.3 is 0 Å². The maximum Gasteiger partial charge on any atom is 0.0796 e. The molecule has 0 N–H and O–H groups in total. The summed E-state index contributed by atoms with van der Waals surface area (Å²) in [6, 6.07) is 42.6. The van der Waals surface area contributed by atoms with E-state index in [1.54, 1.807) is 0 Å². The Bertz CT molecular complexity index is 1460. The highest BCUT2D eigenvalue weighted by atomic mass is 32.3. The molecule has 0 saturated heterocycles. The van der Waals surface area contributed by atoms with E-state index in [-0.39, 0.29) is 0 Å². The minimum atomic E-state index is -1.58. The third-order valence-electron chi connectivity index (χ3n) is 6.94. The summed E-state index contributed by atoms with van der Waals surface area (Å²) in [4.78, 5) is 10.5. The minimum absolute atomic E-state index is 1.04. The fourth-order valence-electron chi connectivity index (χ4n) is 5.14. The summed E-state index contributed by atoms with van der Waals surface area (Å²) in [5.41, 5.74) is 4.89. The maximum absolute atomic E-state index is 4.89. The number of pyridine rings is 1. The van der Waals surface area contributed by atoms with E-state index in [1.807, 2.05) is 0 Å². The second-order valence-electron chi connectivity index (χ2n) is 10.1. The number of aromatic nitrogens is 1. The molecule has 1 aliphatic rings. The number of fused-ring (bicyclic) bond motifs is 3. The lowest BCUT2D eigenvalue weighted by Gasteiger charge is -2.39. The monoisotopic (exact) mass is 487 g/mol. The van der Waals surface area contributed by atoms with Crippen LogP contribution in [0, 0.1) is 0 Å². The molecule has 1 aliphatic heterocycles. The standard InChI is InChI=1S/C32H29NSSi/c1-35(2,3)27-19-20-30(33-23-27)24-18-21-32-29(22-24)28-16-10-11-17-31(28)34(32,25-12-6-4-7-13-25)26-14-8-5-9-15-26/h4-23H,1-3H3. The molecular formula is C32H29NSSi. The molecule has 6 rings (SSSR count). The number of hydrogen-bond donors (Lipinski definition) is 0. The predicted octanol–water partition coefficient (Wildman–Crippen LogP) is 8.62. The first-order valence-corrected chi connectivity index (χ1v) is 17.3. The van der Waals surface area contributed by atoms with Crippen LogP contribution >= 0.6 is 10.0 Å². The summed E-state index contributed by atoms with van der Waals surface area (Å²) in [6.07, 6.45) is 2.09. The van der Waals surface area contributed by atoms with Crippen molar-refractivity contribution in [3.8, 4) is 22.4 Å². The van der Waals surface area contributed by atoms with Crippen LogP contribution < -0.4 is 5.19 Å². The molecule has 0 fully saturated rings. The summed E-state index contributed by atoms with van der Waals surface area (Å²) in [6.45, 7) is 7.10. The van der Waals surface area contributed by atoms with E-state index in [4.69, 9.17) is 4.98 Å². The maximum atomic E-state index is 4.89. The highest BCUT2D eigenvalue weighted by molar-refractivity contribution is 8.34. The second-order valence-corrected chi connectivity index (χ2v) is 18.3. The SMILES string of the molecule is C[Si](C)(C)c1ccc(-c2ccc3c(c2)-c2ccccc2S3(c2ccccc2)c2ccccc2)nc1. The topological polar surface area (TPSA) is 12.9 Å². The summed E-state index contributed by atoms with van der Waals surface area (Å²) >= 11 is 0. The molecular weight excluding hydrogens is 459 g/mol. The van der Waals surface area contributed by atoms with Crippen molar-refractivity contribution >= 4 is 23.3 Å². The molecule has 35 heavy (non-hydrogen) atoms. The van der Waals surface area contributed by atoms with E-state index in [0.717, 1.165) is 5.69 Å². The first-order valence-electron chi connectivity index (χ1n) is 12.1. The van der Waals surface area contributed by atoms with Gasteiger partial charge in [0.1, 0.15) is 0 Å². The van der Waals surface area contributed by atoms with Gasteiger partial charge >= 0.3 is 0 Å². The summed E-state index contributed by atoms with van der Waals surface area (Å²) in [5.74, 6) is 0. The smallest absolute Gasteiger partial charge is 0.0796 e. The van der Waals surface area contributed by atoms with E-state index in [2.05, 4.69) is 141 Å². The van der Waals surface area contributed by atoms with Crippen molar-refractivity contribution in [2.75, 3.05) is 0 Å². The molecule has 2 heterocycles. The van der Waals surface area contributed by atoms with Crippen LogP contribution in [0.15, 0.2) is 141 Å². The van der Waals surface area contributed by atoms with Crippen LogP contribution in [-0.2, 0) is 0 Å².